The Bertz CT molecular complexity index is 976. The number of carbonyl (C=O) groups excluding carboxylic acids is 1. The average Bonchev–Trinajstić information content (AvgIpc) is 3.06. The molecule has 0 aliphatic carbocycles. The molecule has 0 aliphatic rings. The first kappa shape index (κ1) is 20.2. The summed E-state index contributed by atoms with van der Waals surface area (Å²) in [5.74, 6) is 1.54. The Hall–Kier alpha value is -2.51. The van der Waals surface area contributed by atoms with Gasteiger partial charge in [-0.05, 0) is 30.7 Å². The third-order valence-electron chi connectivity index (χ3n) is 4.26. The smallest absolute Gasteiger partial charge is 0.230 e. The van der Waals surface area contributed by atoms with Gasteiger partial charge < -0.3 is 14.6 Å². The summed E-state index contributed by atoms with van der Waals surface area (Å²) in [7, 11) is 3.49. The van der Waals surface area contributed by atoms with E-state index in [9.17, 15) is 4.79 Å². The van der Waals surface area contributed by atoms with Gasteiger partial charge >= 0.3 is 0 Å². The molecule has 1 heterocycles. The number of para-hydroxylation sites is 1. The average molecular weight is 417 g/mol. The molecular weight excluding hydrogens is 396 g/mol. The number of rotatable bonds is 7. The quantitative estimate of drug-likeness (QED) is 0.587. The topological polar surface area (TPSA) is 69.0 Å². The molecule has 1 aromatic heterocycles. The predicted molar refractivity (Wildman–Crippen MR) is 112 cm³/mol. The van der Waals surface area contributed by atoms with E-state index in [2.05, 4.69) is 15.5 Å². The molecule has 28 heavy (non-hydrogen) atoms. The van der Waals surface area contributed by atoms with Crippen molar-refractivity contribution in [2.75, 3.05) is 12.9 Å². The first-order chi connectivity index (χ1) is 13.5. The summed E-state index contributed by atoms with van der Waals surface area (Å²) >= 11 is 7.52. The predicted octanol–water partition coefficient (Wildman–Crippen LogP) is 4.11. The molecule has 3 aromatic rings. The van der Waals surface area contributed by atoms with Gasteiger partial charge in [-0.3, -0.25) is 4.79 Å². The highest BCUT2D eigenvalue weighted by atomic mass is 35.5. The van der Waals surface area contributed by atoms with Crippen LogP contribution in [0.4, 0.5) is 0 Å². The van der Waals surface area contributed by atoms with Crippen molar-refractivity contribution in [1.82, 2.24) is 20.1 Å². The summed E-state index contributed by atoms with van der Waals surface area (Å²) in [5.41, 5.74) is 1.74. The van der Waals surface area contributed by atoms with E-state index in [1.165, 1.54) is 11.8 Å². The van der Waals surface area contributed by atoms with Crippen LogP contribution in [0.1, 0.15) is 18.5 Å². The van der Waals surface area contributed by atoms with E-state index >= 15 is 0 Å². The van der Waals surface area contributed by atoms with Crippen molar-refractivity contribution in [3.05, 3.63) is 59.1 Å². The van der Waals surface area contributed by atoms with Crippen molar-refractivity contribution in [2.45, 2.75) is 18.1 Å². The molecule has 0 aliphatic heterocycles. The van der Waals surface area contributed by atoms with Gasteiger partial charge in [0, 0.05) is 12.1 Å². The molecule has 1 N–H and O–H groups in total. The number of hydrogen-bond donors (Lipinski definition) is 1. The summed E-state index contributed by atoms with van der Waals surface area (Å²) in [6.07, 6.45) is 0. The second-order valence-electron chi connectivity index (χ2n) is 6.16. The number of ether oxygens (including phenoxy) is 1. The lowest BCUT2D eigenvalue weighted by atomic mass is 10.1. The minimum absolute atomic E-state index is 0.0979. The van der Waals surface area contributed by atoms with Gasteiger partial charge in [0.15, 0.2) is 11.0 Å². The zero-order valence-electron chi connectivity index (χ0n) is 15.8. The Morgan fingerprint density at radius 2 is 1.93 bits per heavy atom. The van der Waals surface area contributed by atoms with Crippen molar-refractivity contribution in [3.63, 3.8) is 0 Å². The molecule has 0 spiro atoms. The molecule has 1 amide bonds. The highest BCUT2D eigenvalue weighted by Gasteiger charge is 2.17. The fourth-order valence-corrected chi connectivity index (χ4v) is 3.84. The number of nitrogens with one attached hydrogen (secondary N) is 1. The number of methoxy groups -OCH3 is 1. The number of thioether (sulfide) groups is 1. The molecule has 0 bridgehead atoms. The largest absolute Gasteiger partial charge is 0.496 e. The van der Waals surface area contributed by atoms with Crippen LogP contribution in [0.5, 0.6) is 5.75 Å². The molecule has 0 saturated heterocycles. The van der Waals surface area contributed by atoms with E-state index < -0.39 is 0 Å². The van der Waals surface area contributed by atoms with E-state index in [0.717, 1.165) is 16.9 Å². The first-order valence-corrected chi connectivity index (χ1v) is 10.1. The van der Waals surface area contributed by atoms with Crippen molar-refractivity contribution < 1.29 is 9.53 Å². The molecule has 8 heteroatoms. The summed E-state index contributed by atoms with van der Waals surface area (Å²) in [6.45, 7) is 1.91. The maximum absolute atomic E-state index is 12.3. The van der Waals surface area contributed by atoms with Crippen molar-refractivity contribution >= 4 is 29.3 Å². The maximum atomic E-state index is 12.3. The molecule has 0 unspecified atom stereocenters. The van der Waals surface area contributed by atoms with E-state index in [1.807, 2.05) is 67.1 Å². The van der Waals surface area contributed by atoms with Gasteiger partial charge in [0.2, 0.25) is 5.91 Å². The van der Waals surface area contributed by atoms with Gasteiger partial charge in [-0.2, -0.15) is 0 Å². The number of carbonyl (C=O) groups is 1. The number of aromatic nitrogens is 3. The van der Waals surface area contributed by atoms with Gasteiger partial charge in [0.25, 0.3) is 0 Å². The summed E-state index contributed by atoms with van der Waals surface area (Å²) in [6, 6.07) is 14.9. The van der Waals surface area contributed by atoms with Gasteiger partial charge in [0.1, 0.15) is 5.75 Å². The summed E-state index contributed by atoms with van der Waals surface area (Å²) < 4.78 is 7.25. The monoisotopic (exact) mass is 416 g/mol. The van der Waals surface area contributed by atoms with Crippen LogP contribution in [-0.4, -0.2) is 33.5 Å². The molecule has 0 radical (unpaired) electrons. The molecule has 2 aromatic carbocycles. The van der Waals surface area contributed by atoms with E-state index in [4.69, 9.17) is 16.3 Å². The molecule has 6 nitrogen and oxygen atoms in total. The van der Waals surface area contributed by atoms with Crippen molar-refractivity contribution in [3.8, 4) is 17.1 Å². The third kappa shape index (κ3) is 4.48. The molecule has 1 atom stereocenters. The van der Waals surface area contributed by atoms with Crippen LogP contribution in [0.2, 0.25) is 5.02 Å². The number of nitrogens with zero attached hydrogens (tertiary/aromatic N) is 3. The second kappa shape index (κ2) is 9.12. The lowest BCUT2D eigenvalue weighted by molar-refractivity contribution is -0.119. The van der Waals surface area contributed by atoms with Gasteiger partial charge in [0.05, 0.1) is 24.5 Å². The third-order valence-corrected chi connectivity index (χ3v) is 5.63. The van der Waals surface area contributed by atoms with Crippen LogP contribution >= 0.6 is 23.4 Å². The Labute approximate surface area is 173 Å². The van der Waals surface area contributed by atoms with Gasteiger partial charge in [-0.1, -0.05) is 53.7 Å². The zero-order chi connectivity index (χ0) is 20.1. The SMILES string of the molecule is COc1ccccc1-c1nnc(SCC(=O)N[C@@H](C)c2ccccc2Cl)n1C. The lowest BCUT2D eigenvalue weighted by Gasteiger charge is -2.15. The number of halogens is 1. The minimum atomic E-state index is -0.176. The Balaban J connectivity index is 1.65. The highest BCUT2D eigenvalue weighted by molar-refractivity contribution is 7.99. The fraction of sp³-hybridized carbons (Fsp3) is 0.250. The normalized spacial score (nSPS) is 11.9. The molecule has 3 rings (SSSR count). The number of amides is 1. The van der Waals surface area contributed by atoms with Crippen LogP contribution in [0.25, 0.3) is 11.4 Å². The second-order valence-corrected chi connectivity index (χ2v) is 7.51. The maximum Gasteiger partial charge on any atom is 0.230 e. The standard InChI is InChI=1S/C20H21ClN4O2S/c1-13(14-8-4-6-10-16(14)21)22-18(26)12-28-20-24-23-19(25(20)2)15-9-5-7-11-17(15)27-3/h4-11,13H,12H2,1-3H3,(H,22,26)/t13-/m0/s1. The molecule has 146 valence electrons. The number of benzene rings is 2. The van der Waals surface area contributed by atoms with Gasteiger partial charge in [-0.25, -0.2) is 0 Å². The molecule has 0 fully saturated rings. The van der Waals surface area contributed by atoms with E-state index in [0.29, 0.717) is 16.0 Å². The number of hydrogen-bond acceptors (Lipinski definition) is 5. The zero-order valence-corrected chi connectivity index (χ0v) is 17.4. The van der Waals surface area contributed by atoms with E-state index in [-0.39, 0.29) is 17.7 Å². The Morgan fingerprint density at radius 3 is 2.68 bits per heavy atom. The minimum Gasteiger partial charge on any atom is -0.496 e. The first-order valence-electron chi connectivity index (χ1n) is 8.70. The van der Waals surface area contributed by atoms with Crippen LogP contribution in [0.15, 0.2) is 53.7 Å². The van der Waals surface area contributed by atoms with Crippen LogP contribution < -0.4 is 10.1 Å². The lowest BCUT2D eigenvalue weighted by Crippen LogP contribution is -2.28. The highest BCUT2D eigenvalue weighted by Crippen LogP contribution is 2.30. The van der Waals surface area contributed by atoms with Crippen LogP contribution in [0.3, 0.4) is 0 Å². The Kier molecular flexibility index (Phi) is 6.59. The molecular formula is C20H21ClN4O2S. The van der Waals surface area contributed by atoms with Crippen LogP contribution in [-0.2, 0) is 11.8 Å². The summed E-state index contributed by atoms with van der Waals surface area (Å²) in [5, 5.41) is 12.7. The van der Waals surface area contributed by atoms with Crippen molar-refractivity contribution in [1.29, 1.82) is 0 Å². The summed E-state index contributed by atoms with van der Waals surface area (Å²) in [4.78, 5) is 12.3. The van der Waals surface area contributed by atoms with E-state index in [1.54, 1.807) is 7.11 Å². The fourth-order valence-electron chi connectivity index (χ4n) is 2.82. The van der Waals surface area contributed by atoms with Gasteiger partial charge in [-0.15, -0.1) is 10.2 Å². The van der Waals surface area contributed by atoms with Crippen molar-refractivity contribution in [2.24, 2.45) is 7.05 Å². The Morgan fingerprint density at radius 1 is 1.21 bits per heavy atom. The molecule has 0 saturated carbocycles. The van der Waals surface area contributed by atoms with Crippen LogP contribution in [0, 0.1) is 0 Å².